The molecular formula is C22H21N3O7. The van der Waals surface area contributed by atoms with Gasteiger partial charge in [0.1, 0.15) is 5.75 Å². The number of furan rings is 1. The Bertz CT molecular complexity index is 1140. The van der Waals surface area contributed by atoms with Crippen LogP contribution >= 0.6 is 0 Å². The van der Waals surface area contributed by atoms with E-state index in [-0.39, 0.29) is 11.3 Å². The van der Waals surface area contributed by atoms with Gasteiger partial charge in [0.05, 0.1) is 17.8 Å². The molecule has 0 atom stereocenters. The van der Waals surface area contributed by atoms with E-state index in [9.17, 15) is 24.8 Å². The average molecular weight is 439 g/mol. The molecule has 0 saturated heterocycles. The predicted octanol–water partition coefficient (Wildman–Crippen LogP) is 3.81. The number of nitrogens with one attached hydrogen (secondary N) is 2. The number of unbranched alkanes of at least 4 members (excludes halogenated alkanes) is 1. The Morgan fingerprint density at radius 2 is 1.91 bits per heavy atom. The number of carbonyl (C=O) groups is 2. The van der Waals surface area contributed by atoms with Crippen LogP contribution in [0.3, 0.4) is 0 Å². The Morgan fingerprint density at radius 1 is 1.12 bits per heavy atom. The van der Waals surface area contributed by atoms with Gasteiger partial charge in [-0.25, -0.2) is 0 Å². The molecule has 1 heterocycles. The quantitative estimate of drug-likeness (QED) is 0.275. The fourth-order valence-electron chi connectivity index (χ4n) is 2.85. The molecule has 0 bridgehead atoms. The predicted molar refractivity (Wildman–Crippen MR) is 114 cm³/mol. The first-order chi connectivity index (χ1) is 15.4. The zero-order chi connectivity index (χ0) is 23.1. The summed E-state index contributed by atoms with van der Waals surface area (Å²) in [7, 11) is 0. The van der Waals surface area contributed by atoms with E-state index in [4.69, 9.17) is 9.15 Å². The lowest BCUT2D eigenvalue weighted by atomic mass is 10.1. The minimum Gasteiger partial charge on any atom is -0.502 e. The van der Waals surface area contributed by atoms with Crippen molar-refractivity contribution in [2.75, 3.05) is 6.61 Å². The first-order valence-corrected chi connectivity index (χ1v) is 9.79. The Hall–Kier alpha value is -4.34. The summed E-state index contributed by atoms with van der Waals surface area (Å²) < 4.78 is 11.0. The lowest BCUT2D eigenvalue weighted by molar-refractivity contribution is -0.385. The molecule has 0 aliphatic heterocycles. The lowest BCUT2D eigenvalue weighted by Gasteiger charge is -2.09. The molecule has 0 fully saturated rings. The van der Waals surface area contributed by atoms with Crippen molar-refractivity contribution in [2.24, 2.45) is 0 Å². The van der Waals surface area contributed by atoms with Crippen LogP contribution in [0.5, 0.6) is 11.5 Å². The number of nitro benzene ring substituents is 1. The number of phenolic OH excluding ortho intramolecular Hbond substituents is 1. The molecule has 0 unspecified atom stereocenters. The van der Waals surface area contributed by atoms with Crippen LogP contribution in [-0.2, 0) is 0 Å². The Balaban J connectivity index is 1.70. The fourth-order valence-corrected chi connectivity index (χ4v) is 2.85. The van der Waals surface area contributed by atoms with Crippen molar-refractivity contribution in [3.8, 4) is 22.6 Å². The summed E-state index contributed by atoms with van der Waals surface area (Å²) in [6.45, 7) is 2.65. The van der Waals surface area contributed by atoms with Gasteiger partial charge in [0.25, 0.3) is 5.91 Å². The molecule has 0 saturated carbocycles. The highest BCUT2D eigenvalue weighted by molar-refractivity contribution is 6.01. The van der Waals surface area contributed by atoms with Crippen molar-refractivity contribution in [2.45, 2.75) is 19.8 Å². The summed E-state index contributed by atoms with van der Waals surface area (Å²) >= 11 is 0. The van der Waals surface area contributed by atoms with Gasteiger partial charge in [-0.1, -0.05) is 25.5 Å². The number of rotatable bonds is 8. The molecule has 0 radical (unpaired) electrons. The first-order valence-electron chi connectivity index (χ1n) is 9.79. The summed E-state index contributed by atoms with van der Waals surface area (Å²) in [6.07, 6.45) is 3.28. The molecule has 10 nitrogen and oxygen atoms in total. The second-order valence-corrected chi connectivity index (χ2v) is 6.76. The van der Waals surface area contributed by atoms with Crippen molar-refractivity contribution in [1.29, 1.82) is 0 Å². The van der Waals surface area contributed by atoms with E-state index in [0.29, 0.717) is 23.5 Å². The van der Waals surface area contributed by atoms with Crippen molar-refractivity contribution < 1.29 is 28.8 Å². The normalized spacial score (nSPS) is 10.4. The lowest BCUT2D eigenvalue weighted by Crippen LogP contribution is -2.41. The molecule has 2 amide bonds. The number of hydrogen-bond donors (Lipinski definition) is 3. The van der Waals surface area contributed by atoms with Crippen LogP contribution in [0, 0.1) is 10.1 Å². The molecule has 3 aromatic rings. The van der Waals surface area contributed by atoms with Gasteiger partial charge in [0, 0.05) is 17.2 Å². The van der Waals surface area contributed by atoms with E-state index in [2.05, 4.69) is 17.8 Å². The highest BCUT2D eigenvalue weighted by atomic mass is 16.6. The standard InChI is InChI=1S/C22H21N3O7/c1-2-3-10-31-16-6-4-5-14(12-16)17-9-11-32-20(17)22(28)24-23-21(27)15-7-8-19(26)18(13-15)25(29)30/h4-9,11-13,26H,2-3,10H2,1H3,(H,23,27)(H,24,28). The van der Waals surface area contributed by atoms with Gasteiger partial charge in [-0.3, -0.25) is 30.6 Å². The summed E-state index contributed by atoms with van der Waals surface area (Å²) in [5.41, 5.74) is 4.83. The van der Waals surface area contributed by atoms with Gasteiger partial charge >= 0.3 is 11.6 Å². The van der Waals surface area contributed by atoms with Gasteiger partial charge in [-0.05, 0) is 42.3 Å². The molecule has 3 N–H and O–H groups in total. The highest BCUT2D eigenvalue weighted by Gasteiger charge is 2.20. The number of hydrazine groups is 1. The average Bonchev–Trinajstić information content (AvgIpc) is 3.28. The molecule has 10 heteroatoms. The summed E-state index contributed by atoms with van der Waals surface area (Å²) in [5.74, 6) is -1.47. The third kappa shape index (κ3) is 5.22. The van der Waals surface area contributed by atoms with Crippen LogP contribution in [0.4, 0.5) is 5.69 Å². The number of ether oxygens (including phenoxy) is 1. The molecule has 0 aliphatic rings. The number of carbonyl (C=O) groups excluding carboxylic acids is 2. The first kappa shape index (κ1) is 22.3. The zero-order valence-corrected chi connectivity index (χ0v) is 17.2. The number of hydrogen-bond acceptors (Lipinski definition) is 7. The second kappa shape index (κ2) is 10.1. The van der Waals surface area contributed by atoms with Gasteiger partial charge < -0.3 is 14.3 Å². The van der Waals surface area contributed by atoms with Crippen molar-refractivity contribution in [3.05, 3.63) is 76.2 Å². The molecule has 166 valence electrons. The van der Waals surface area contributed by atoms with Crippen molar-refractivity contribution in [3.63, 3.8) is 0 Å². The van der Waals surface area contributed by atoms with Crippen molar-refractivity contribution in [1.82, 2.24) is 10.9 Å². The number of nitro groups is 1. The zero-order valence-electron chi connectivity index (χ0n) is 17.2. The van der Waals surface area contributed by atoms with Crippen LogP contribution in [0.1, 0.15) is 40.7 Å². The van der Waals surface area contributed by atoms with E-state index in [0.717, 1.165) is 25.0 Å². The smallest absolute Gasteiger partial charge is 0.311 e. The van der Waals surface area contributed by atoms with Crippen molar-refractivity contribution >= 4 is 17.5 Å². The molecule has 2 aromatic carbocycles. The molecular weight excluding hydrogens is 418 g/mol. The maximum absolute atomic E-state index is 12.6. The maximum atomic E-state index is 12.6. The number of phenols is 1. The fraction of sp³-hybridized carbons (Fsp3) is 0.182. The SMILES string of the molecule is CCCCOc1cccc(-c2ccoc2C(=O)NNC(=O)c2ccc(O)c([N+](=O)[O-])c2)c1. The van der Waals surface area contributed by atoms with E-state index < -0.39 is 28.2 Å². The largest absolute Gasteiger partial charge is 0.502 e. The molecule has 32 heavy (non-hydrogen) atoms. The minimum atomic E-state index is -0.820. The van der Waals surface area contributed by atoms with Gasteiger partial charge in [-0.15, -0.1) is 0 Å². The molecule has 0 spiro atoms. The molecule has 0 aliphatic carbocycles. The topological polar surface area (TPSA) is 144 Å². The van der Waals surface area contributed by atoms with Crippen LogP contribution in [0.25, 0.3) is 11.1 Å². The third-order valence-electron chi connectivity index (χ3n) is 4.51. The molecule has 1 aromatic heterocycles. The Morgan fingerprint density at radius 3 is 2.66 bits per heavy atom. The van der Waals surface area contributed by atoms with Gasteiger partial charge in [0.2, 0.25) is 5.76 Å². The van der Waals surface area contributed by atoms with E-state index >= 15 is 0 Å². The Kier molecular flexibility index (Phi) is 7.06. The second-order valence-electron chi connectivity index (χ2n) is 6.76. The van der Waals surface area contributed by atoms with Gasteiger partial charge in [0.15, 0.2) is 5.75 Å². The van der Waals surface area contributed by atoms with Crippen LogP contribution in [-0.4, -0.2) is 28.5 Å². The molecule has 3 rings (SSSR count). The number of nitrogens with zero attached hydrogens (tertiary/aromatic N) is 1. The third-order valence-corrected chi connectivity index (χ3v) is 4.51. The maximum Gasteiger partial charge on any atom is 0.311 e. The van der Waals surface area contributed by atoms with E-state index in [1.165, 1.54) is 12.3 Å². The summed E-state index contributed by atoms with van der Waals surface area (Å²) in [4.78, 5) is 34.9. The summed E-state index contributed by atoms with van der Waals surface area (Å²) in [5, 5.41) is 20.4. The van der Waals surface area contributed by atoms with Gasteiger partial charge in [-0.2, -0.15) is 0 Å². The van der Waals surface area contributed by atoms with E-state index in [1.54, 1.807) is 24.3 Å². The number of aromatic hydroxyl groups is 1. The Labute approximate surface area is 182 Å². The monoisotopic (exact) mass is 439 g/mol. The highest BCUT2D eigenvalue weighted by Crippen LogP contribution is 2.28. The number of amides is 2. The van der Waals surface area contributed by atoms with Crippen LogP contribution in [0.2, 0.25) is 0 Å². The minimum absolute atomic E-state index is 0.0345. The summed E-state index contributed by atoms with van der Waals surface area (Å²) in [6, 6.07) is 11.9. The number of benzene rings is 2. The van der Waals surface area contributed by atoms with Crippen LogP contribution < -0.4 is 15.6 Å². The van der Waals surface area contributed by atoms with Crippen LogP contribution in [0.15, 0.2) is 59.2 Å². The van der Waals surface area contributed by atoms with E-state index in [1.807, 2.05) is 6.07 Å².